The first-order valence-electron chi connectivity index (χ1n) is 7.72. The molecule has 0 fully saturated rings. The van der Waals surface area contributed by atoms with Crippen molar-refractivity contribution in [1.82, 2.24) is 15.2 Å². The van der Waals surface area contributed by atoms with Crippen LogP contribution in [0.25, 0.3) is 0 Å². The number of rotatable bonds is 4. The van der Waals surface area contributed by atoms with Crippen molar-refractivity contribution in [2.75, 3.05) is 20.1 Å². The van der Waals surface area contributed by atoms with Gasteiger partial charge in [-0.3, -0.25) is 9.88 Å². The summed E-state index contributed by atoms with van der Waals surface area (Å²) >= 11 is 0. The van der Waals surface area contributed by atoms with Gasteiger partial charge < -0.3 is 5.32 Å². The Hall–Kier alpha value is -1.71. The predicted molar refractivity (Wildman–Crippen MR) is 86.1 cm³/mol. The van der Waals surface area contributed by atoms with Crippen molar-refractivity contribution in [1.29, 1.82) is 0 Å². The molecule has 1 N–H and O–H groups in total. The van der Waals surface area contributed by atoms with Crippen molar-refractivity contribution in [3.63, 3.8) is 0 Å². The molecule has 2 aromatic rings. The number of aromatic nitrogens is 1. The maximum absolute atomic E-state index is 4.59. The fourth-order valence-corrected chi connectivity index (χ4v) is 2.96. The summed E-state index contributed by atoms with van der Waals surface area (Å²) in [4.78, 5) is 7.10. The van der Waals surface area contributed by atoms with Crippen LogP contribution in [0.1, 0.15) is 22.4 Å². The first kappa shape index (κ1) is 14.2. The minimum absolute atomic E-state index is 0.881. The molecule has 0 unspecified atom stereocenters. The lowest BCUT2D eigenvalue weighted by Crippen LogP contribution is -2.26. The van der Waals surface area contributed by atoms with Crippen LogP contribution >= 0.6 is 0 Å². The first-order chi connectivity index (χ1) is 10.3. The molecule has 110 valence electrons. The third-order valence-electron chi connectivity index (χ3n) is 4.17. The predicted octanol–water partition coefficient (Wildman–Crippen LogP) is 2.40. The molecule has 0 spiro atoms. The lowest BCUT2D eigenvalue weighted by atomic mass is 10.0. The molecule has 1 aromatic carbocycles. The van der Waals surface area contributed by atoms with Crippen LogP contribution in [0.3, 0.4) is 0 Å². The molecular formula is C18H23N3. The molecule has 3 rings (SSSR count). The number of pyridine rings is 1. The van der Waals surface area contributed by atoms with E-state index in [0.29, 0.717) is 0 Å². The lowest BCUT2D eigenvalue weighted by molar-refractivity contribution is 0.276. The number of benzene rings is 1. The Morgan fingerprint density at radius 3 is 2.33 bits per heavy atom. The summed E-state index contributed by atoms with van der Waals surface area (Å²) in [5.41, 5.74) is 5.43. The summed E-state index contributed by atoms with van der Waals surface area (Å²) < 4.78 is 0. The Bertz CT molecular complexity index is 550. The van der Waals surface area contributed by atoms with Crippen molar-refractivity contribution in [3.05, 3.63) is 65.0 Å². The van der Waals surface area contributed by atoms with Gasteiger partial charge in [-0.1, -0.05) is 30.3 Å². The van der Waals surface area contributed by atoms with Gasteiger partial charge >= 0.3 is 0 Å². The van der Waals surface area contributed by atoms with Gasteiger partial charge in [0.05, 0.1) is 5.69 Å². The molecule has 0 radical (unpaired) electrons. The highest BCUT2D eigenvalue weighted by Crippen LogP contribution is 2.16. The van der Waals surface area contributed by atoms with Gasteiger partial charge in [0.1, 0.15) is 0 Å². The minimum atomic E-state index is 0.881. The van der Waals surface area contributed by atoms with E-state index in [9.17, 15) is 0 Å². The molecule has 0 amide bonds. The van der Waals surface area contributed by atoms with E-state index in [-0.39, 0.29) is 0 Å². The van der Waals surface area contributed by atoms with Crippen LogP contribution in [-0.2, 0) is 25.9 Å². The van der Waals surface area contributed by atoms with Gasteiger partial charge in [-0.2, -0.15) is 0 Å². The maximum atomic E-state index is 4.59. The second kappa shape index (κ2) is 6.83. The molecule has 1 aliphatic rings. The second-order valence-electron chi connectivity index (χ2n) is 5.73. The van der Waals surface area contributed by atoms with E-state index in [4.69, 9.17) is 0 Å². The molecule has 0 saturated heterocycles. The third-order valence-corrected chi connectivity index (χ3v) is 4.17. The normalized spacial score (nSPS) is 15.5. The quantitative estimate of drug-likeness (QED) is 0.933. The van der Waals surface area contributed by atoms with Crippen molar-refractivity contribution < 1.29 is 0 Å². The van der Waals surface area contributed by atoms with Crippen LogP contribution in [0.4, 0.5) is 0 Å². The third kappa shape index (κ3) is 3.69. The second-order valence-corrected chi connectivity index (χ2v) is 5.73. The molecule has 0 saturated carbocycles. The molecular weight excluding hydrogens is 258 g/mol. The van der Waals surface area contributed by atoms with Gasteiger partial charge in [0.15, 0.2) is 0 Å². The van der Waals surface area contributed by atoms with Gasteiger partial charge in [-0.25, -0.2) is 0 Å². The van der Waals surface area contributed by atoms with Crippen LogP contribution < -0.4 is 5.32 Å². The van der Waals surface area contributed by atoms with Crippen molar-refractivity contribution in [2.45, 2.75) is 25.9 Å². The van der Waals surface area contributed by atoms with Crippen LogP contribution in [0.15, 0.2) is 42.6 Å². The van der Waals surface area contributed by atoms with Gasteiger partial charge in [-0.15, -0.1) is 0 Å². The smallest absolute Gasteiger partial charge is 0.0544 e. The number of hydrogen-bond donors (Lipinski definition) is 1. The van der Waals surface area contributed by atoms with Crippen LogP contribution in [-0.4, -0.2) is 30.0 Å². The van der Waals surface area contributed by atoms with E-state index in [1.54, 1.807) is 0 Å². The summed E-state index contributed by atoms with van der Waals surface area (Å²) in [5.74, 6) is 0. The van der Waals surface area contributed by atoms with E-state index in [2.05, 4.69) is 51.6 Å². The Balaban J connectivity index is 1.61. The Kier molecular flexibility index (Phi) is 4.63. The van der Waals surface area contributed by atoms with Crippen LogP contribution in [0.5, 0.6) is 0 Å². The van der Waals surface area contributed by atoms with Crippen molar-refractivity contribution in [3.8, 4) is 0 Å². The first-order valence-corrected chi connectivity index (χ1v) is 7.72. The van der Waals surface area contributed by atoms with Crippen LogP contribution in [0.2, 0.25) is 0 Å². The molecule has 3 heteroatoms. The minimum Gasteiger partial charge on any atom is -0.316 e. The molecule has 2 heterocycles. The number of nitrogens with zero attached hydrogens (tertiary/aromatic N) is 2. The van der Waals surface area contributed by atoms with E-state index in [1.807, 2.05) is 13.2 Å². The SMILES string of the molecule is CNCc1ccc(CN2CCc3ccccc3CC2)nc1. The van der Waals surface area contributed by atoms with E-state index in [0.717, 1.165) is 39.0 Å². The summed E-state index contributed by atoms with van der Waals surface area (Å²) in [6.07, 6.45) is 4.28. The molecule has 21 heavy (non-hydrogen) atoms. The standard InChI is InChI=1S/C18H23N3/c1-19-12-15-6-7-18(20-13-15)14-21-10-8-16-4-2-3-5-17(16)9-11-21/h2-7,13,19H,8-12,14H2,1H3. The van der Waals surface area contributed by atoms with Gasteiger partial charge in [0.25, 0.3) is 0 Å². The maximum Gasteiger partial charge on any atom is 0.0544 e. The highest BCUT2D eigenvalue weighted by molar-refractivity contribution is 5.28. The number of nitrogens with one attached hydrogen (secondary N) is 1. The monoisotopic (exact) mass is 281 g/mol. The fourth-order valence-electron chi connectivity index (χ4n) is 2.96. The van der Waals surface area contributed by atoms with E-state index in [1.165, 1.54) is 22.4 Å². The summed E-state index contributed by atoms with van der Waals surface area (Å²) in [6, 6.07) is 13.2. The van der Waals surface area contributed by atoms with Crippen molar-refractivity contribution >= 4 is 0 Å². The Morgan fingerprint density at radius 2 is 1.76 bits per heavy atom. The summed E-state index contributed by atoms with van der Waals surface area (Å²) in [7, 11) is 1.96. The zero-order chi connectivity index (χ0) is 14.5. The van der Waals surface area contributed by atoms with Gasteiger partial charge in [0.2, 0.25) is 0 Å². The molecule has 1 aromatic heterocycles. The lowest BCUT2D eigenvalue weighted by Gasteiger charge is -2.19. The molecule has 1 aliphatic heterocycles. The Morgan fingerprint density at radius 1 is 1.05 bits per heavy atom. The summed E-state index contributed by atoms with van der Waals surface area (Å²) in [5, 5.41) is 3.15. The number of fused-ring (bicyclic) bond motifs is 1. The fraction of sp³-hybridized carbons (Fsp3) is 0.389. The highest BCUT2D eigenvalue weighted by atomic mass is 15.1. The molecule has 0 atom stereocenters. The average Bonchev–Trinajstić information content (AvgIpc) is 2.72. The van der Waals surface area contributed by atoms with Gasteiger partial charge in [-0.05, 0) is 42.6 Å². The molecule has 3 nitrogen and oxygen atoms in total. The summed E-state index contributed by atoms with van der Waals surface area (Å²) in [6.45, 7) is 4.08. The zero-order valence-electron chi connectivity index (χ0n) is 12.7. The van der Waals surface area contributed by atoms with Crippen LogP contribution in [0, 0.1) is 0 Å². The van der Waals surface area contributed by atoms with Gasteiger partial charge in [0, 0.05) is 32.4 Å². The zero-order valence-corrected chi connectivity index (χ0v) is 12.7. The van der Waals surface area contributed by atoms with E-state index >= 15 is 0 Å². The average molecular weight is 281 g/mol. The molecule has 0 aliphatic carbocycles. The number of hydrogen-bond acceptors (Lipinski definition) is 3. The van der Waals surface area contributed by atoms with E-state index < -0.39 is 0 Å². The Labute approximate surface area is 127 Å². The highest BCUT2D eigenvalue weighted by Gasteiger charge is 2.13. The van der Waals surface area contributed by atoms with Crippen molar-refractivity contribution in [2.24, 2.45) is 0 Å². The topological polar surface area (TPSA) is 28.2 Å². The molecule has 0 bridgehead atoms. The largest absolute Gasteiger partial charge is 0.316 e.